The molecule has 3 heteroatoms. The molecule has 0 amide bonds. The van der Waals surface area contributed by atoms with Crippen LogP contribution in [-0.2, 0) is 0 Å². The Labute approximate surface area is 90.4 Å². The van der Waals surface area contributed by atoms with Gasteiger partial charge in [-0.15, -0.1) is 0 Å². The van der Waals surface area contributed by atoms with E-state index in [0.717, 1.165) is 5.33 Å². The second-order valence-corrected chi connectivity index (χ2v) is 4.96. The van der Waals surface area contributed by atoms with Gasteiger partial charge in [-0.3, -0.25) is 4.90 Å². The second kappa shape index (κ2) is 5.32. The number of piperazine rings is 1. The zero-order valence-corrected chi connectivity index (χ0v) is 10.5. The molecule has 0 aromatic rings. The maximum Gasteiger partial charge on any atom is 0.0195 e. The molecule has 1 rings (SSSR count). The number of alkyl halides is 1. The Morgan fingerprint density at radius 3 is 2.23 bits per heavy atom. The van der Waals surface area contributed by atoms with Gasteiger partial charge in [-0.25, -0.2) is 0 Å². The largest absolute Gasteiger partial charge is 0.300 e. The smallest absolute Gasteiger partial charge is 0.0195 e. The molecule has 0 saturated carbocycles. The highest BCUT2D eigenvalue weighted by molar-refractivity contribution is 9.09. The van der Waals surface area contributed by atoms with Crippen LogP contribution in [0.2, 0.25) is 0 Å². The average molecular weight is 249 g/mol. The SMILES string of the molecule is CC1CN(CCCBr)CC(C)N1C. The lowest BCUT2D eigenvalue weighted by Gasteiger charge is -2.42. The summed E-state index contributed by atoms with van der Waals surface area (Å²) in [6.45, 7) is 8.34. The Morgan fingerprint density at radius 2 is 1.77 bits per heavy atom. The number of rotatable bonds is 3. The van der Waals surface area contributed by atoms with Gasteiger partial charge in [0.2, 0.25) is 0 Å². The summed E-state index contributed by atoms with van der Waals surface area (Å²) in [5.74, 6) is 0. The summed E-state index contributed by atoms with van der Waals surface area (Å²) in [6.07, 6.45) is 1.27. The molecular weight excluding hydrogens is 228 g/mol. The Morgan fingerprint density at radius 1 is 1.23 bits per heavy atom. The Bertz CT molecular complexity index is 140. The molecule has 1 fully saturated rings. The van der Waals surface area contributed by atoms with Gasteiger partial charge < -0.3 is 4.90 Å². The third-order valence-corrected chi connectivity index (χ3v) is 3.60. The van der Waals surface area contributed by atoms with Gasteiger partial charge >= 0.3 is 0 Å². The molecule has 0 spiro atoms. The van der Waals surface area contributed by atoms with E-state index in [4.69, 9.17) is 0 Å². The van der Waals surface area contributed by atoms with Crippen molar-refractivity contribution in [3.05, 3.63) is 0 Å². The van der Waals surface area contributed by atoms with Gasteiger partial charge in [0.1, 0.15) is 0 Å². The minimum absolute atomic E-state index is 0.707. The highest BCUT2D eigenvalue weighted by Gasteiger charge is 2.25. The van der Waals surface area contributed by atoms with Gasteiger partial charge in [0, 0.05) is 30.5 Å². The molecule has 1 heterocycles. The van der Waals surface area contributed by atoms with Gasteiger partial charge in [-0.05, 0) is 33.9 Å². The molecule has 1 aliphatic rings. The third-order valence-electron chi connectivity index (χ3n) is 3.04. The second-order valence-electron chi connectivity index (χ2n) is 4.17. The van der Waals surface area contributed by atoms with Gasteiger partial charge in [0.15, 0.2) is 0 Å². The van der Waals surface area contributed by atoms with Crippen molar-refractivity contribution in [2.75, 3.05) is 32.0 Å². The molecule has 0 radical (unpaired) electrons. The molecule has 0 bridgehead atoms. The van der Waals surface area contributed by atoms with Crippen LogP contribution in [0.1, 0.15) is 20.3 Å². The molecule has 1 aliphatic heterocycles. The van der Waals surface area contributed by atoms with Crippen LogP contribution in [0.3, 0.4) is 0 Å². The highest BCUT2D eigenvalue weighted by Crippen LogP contribution is 2.13. The minimum Gasteiger partial charge on any atom is -0.300 e. The molecule has 0 aromatic heterocycles. The summed E-state index contributed by atoms with van der Waals surface area (Å²) in [4.78, 5) is 5.06. The van der Waals surface area contributed by atoms with Crippen LogP contribution in [0, 0.1) is 0 Å². The molecule has 1 saturated heterocycles. The van der Waals surface area contributed by atoms with Crippen LogP contribution in [0.5, 0.6) is 0 Å². The van der Waals surface area contributed by atoms with E-state index < -0.39 is 0 Å². The highest BCUT2D eigenvalue weighted by atomic mass is 79.9. The van der Waals surface area contributed by atoms with Crippen molar-refractivity contribution in [3.8, 4) is 0 Å². The summed E-state index contributed by atoms with van der Waals surface area (Å²) >= 11 is 3.48. The van der Waals surface area contributed by atoms with Crippen molar-refractivity contribution in [2.45, 2.75) is 32.4 Å². The van der Waals surface area contributed by atoms with E-state index in [9.17, 15) is 0 Å². The fourth-order valence-corrected chi connectivity index (χ4v) is 2.23. The Hall–Kier alpha value is 0.400. The van der Waals surface area contributed by atoms with Crippen LogP contribution >= 0.6 is 15.9 Å². The monoisotopic (exact) mass is 248 g/mol. The molecule has 2 atom stereocenters. The molecule has 13 heavy (non-hydrogen) atoms. The zero-order valence-electron chi connectivity index (χ0n) is 8.96. The van der Waals surface area contributed by atoms with Crippen molar-refractivity contribution in [1.29, 1.82) is 0 Å². The van der Waals surface area contributed by atoms with E-state index >= 15 is 0 Å². The van der Waals surface area contributed by atoms with Crippen LogP contribution < -0.4 is 0 Å². The van der Waals surface area contributed by atoms with Crippen molar-refractivity contribution in [1.82, 2.24) is 9.80 Å². The quantitative estimate of drug-likeness (QED) is 0.704. The first kappa shape index (κ1) is 11.5. The van der Waals surface area contributed by atoms with E-state index in [1.54, 1.807) is 0 Å². The molecule has 2 unspecified atom stereocenters. The fourth-order valence-electron chi connectivity index (χ4n) is 1.98. The Kier molecular flexibility index (Phi) is 4.70. The summed E-state index contributed by atoms with van der Waals surface area (Å²) in [5, 5.41) is 1.13. The fraction of sp³-hybridized carbons (Fsp3) is 1.00. The number of nitrogens with zero attached hydrogens (tertiary/aromatic N) is 2. The molecule has 0 aliphatic carbocycles. The first-order valence-corrected chi connectivity index (χ1v) is 6.27. The Balaban J connectivity index is 2.35. The third kappa shape index (κ3) is 3.22. The van der Waals surface area contributed by atoms with E-state index in [1.807, 2.05) is 0 Å². The summed E-state index contributed by atoms with van der Waals surface area (Å²) < 4.78 is 0. The average Bonchev–Trinajstić information content (AvgIpc) is 2.10. The predicted octanol–water partition coefficient (Wildman–Crippen LogP) is 1.80. The molecule has 2 nitrogen and oxygen atoms in total. The van der Waals surface area contributed by atoms with Gasteiger partial charge in [0.05, 0.1) is 0 Å². The van der Waals surface area contributed by atoms with E-state index in [2.05, 4.69) is 46.6 Å². The number of hydrogen-bond donors (Lipinski definition) is 0. The number of hydrogen-bond acceptors (Lipinski definition) is 2. The standard InChI is InChI=1S/C10H21BrN2/c1-9-7-13(6-4-5-11)8-10(2)12(9)3/h9-10H,4-8H2,1-3H3. The van der Waals surface area contributed by atoms with Crippen LogP contribution in [0.25, 0.3) is 0 Å². The molecule has 0 aromatic carbocycles. The lowest BCUT2D eigenvalue weighted by Crippen LogP contribution is -2.54. The summed E-state index contributed by atoms with van der Waals surface area (Å²) in [6, 6.07) is 1.41. The molecular formula is C10H21BrN2. The van der Waals surface area contributed by atoms with Gasteiger partial charge in [0.25, 0.3) is 0 Å². The van der Waals surface area contributed by atoms with Gasteiger partial charge in [-0.1, -0.05) is 15.9 Å². The van der Waals surface area contributed by atoms with Crippen molar-refractivity contribution < 1.29 is 0 Å². The van der Waals surface area contributed by atoms with Crippen molar-refractivity contribution >= 4 is 15.9 Å². The lowest BCUT2D eigenvalue weighted by molar-refractivity contribution is 0.0605. The van der Waals surface area contributed by atoms with Crippen LogP contribution in [0.15, 0.2) is 0 Å². The summed E-state index contributed by atoms with van der Waals surface area (Å²) in [5.41, 5.74) is 0. The zero-order chi connectivity index (χ0) is 9.84. The van der Waals surface area contributed by atoms with Crippen LogP contribution in [-0.4, -0.2) is 53.9 Å². The lowest BCUT2D eigenvalue weighted by atomic mass is 10.1. The maximum absolute atomic E-state index is 3.48. The predicted molar refractivity (Wildman–Crippen MR) is 61.5 cm³/mol. The van der Waals surface area contributed by atoms with Gasteiger partial charge in [-0.2, -0.15) is 0 Å². The van der Waals surface area contributed by atoms with E-state index in [0.29, 0.717) is 12.1 Å². The molecule has 78 valence electrons. The van der Waals surface area contributed by atoms with Crippen molar-refractivity contribution in [3.63, 3.8) is 0 Å². The number of halogens is 1. The molecule has 0 N–H and O–H groups in total. The maximum atomic E-state index is 3.48. The van der Waals surface area contributed by atoms with E-state index in [1.165, 1.54) is 26.1 Å². The first-order chi connectivity index (χ1) is 6.15. The normalized spacial score (nSPS) is 32.3. The van der Waals surface area contributed by atoms with Crippen molar-refractivity contribution in [2.24, 2.45) is 0 Å². The summed E-state index contributed by atoms with van der Waals surface area (Å²) in [7, 11) is 2.23. The topological polar surface area (TPSA) is 6.48 Å². The first-order valence-electron chi connectivity index (χ1n) is 5.15. The van der Waals surface area contributed by atoms with Crippen LogP contribution in [0.4, 0.5) is 0 Å². The minimum atomic E-state index is 0.707. The van der Waals surface area contributed by atoms with E-state index in [-0.39, 0.29) is 0 Å². The number of likely N-dealkylation sites (N-methyl/N-ethyl adjacent to an activating group) is 1.